The van der Waals surface area contributed by atoms with Crippen LogP contribution in [0, 0.1) is 6.92 Å². The maximum absolute atomic E-state index is 12.3. The molecule has 0 radical (unpaired) electrons. The molecular formula is C18H19N5O4S2. The molecule has 9 nitrogen and oxygen atoms in total. The summed E-state index contributed by atoms with van der Waals surface area (Å²) in [5.74, 6) is 1.26. The molecule has 1 aromatic carbocycles. The number of thioether (sulfide) groups is 1. The zero-order valence-corrected chi connectivity index (χ0v) is 17.6. The van der Waals surface area contributed by atoms with Gasteiger partial charge in [0.15, 0.2) is 10.2 Å². The number of amides is 2. The Bertz CT molecular complexity index is 984. The Morgan fingerprint density at radius 2 is 1.97 bits per heavy atom. The first kappa shape index (κ1) is 20.8. The summed E-state index contributed by atoms with van der Waals surface area (Å²) >= 11 is 2.40. The lowest BCUT2D eigenvalue weighted by Gasteiger charge is -2.09. The van der Waals surface area contributed by atoms with Crippen molar-refractivity contribution < 1.29 is 18.8 Å². The molecule has 0 aliphatic heterocycles. The lowest BCUT2D eigenvalue weighted by atomic mass is 10.2. The van der Waals surface area contributed by atoms with Gasteiger partial charge in [-0.3, -0.25) is 14.9 Å². The van der Waals surface area contributed by atoms with E-state index < -0.39 is 0 Å². The summed E-state index contributed by atoms with van der Waals surface area (Å²) in [6.07, 6.45) is 0.0640. The number of carbonyl (C=O) groups excluding carboxylic acids is 2. The third-order valence-corrected chi connectivity index (χ3v) is 5.31. The van der Waals surface area contributed by atoms with E-state index in [-0.39, 0.29) is 23.7 Å². The highest BCUT2D eigenvalue weighted by Gasteiger charge is 2.13. The second kappa shape index (κ2) is 9.52. The number of carbonyl (C=O) groups is 2. The Labute approximate surface area is 175 Å². The molecule has 3 rings (SSSR count). The minimum absolute atomic E-state index is 0.0640. The largest absolute Gasteiger partial charge is 0.491 e. The lowest BCUT2D eigenvalue weighted by Crippen LogP contribution is -2.14. The Morgan fingerprint density at radius 1 is 1.21 bits per heavy atom. The lowest BCUT2D eigenvalue weighted by molar-refractivity contribution is -0.113. The van der Waals surface area contributed by atoms with E-state index in [1.54, 1.807) is 37.3 Å². The molecule has 2 amide bonds. The third-order valence-electron chi connectivity index (χ3n) is 3.34. The highest BCUT2D eigenvalue weighted by molar-refractivity contribution is 8.01. The van der Waals surface area contributed by atoms with Crippen molar-refractivity contribution in [2.24, 2.45) is 0 Å². The molecule has 0 saturated heterocycles. The summed E-state index contributed by atoms with van der Waals surface area (Å²) < 4.78 is 11.0. The van der Waals surface area contributed by atoms with Crippen LogP contribution in [0.1, 0.15) is 30.0 Å². The van der Waals surface area contributed by atoms with Gasteiger partial charge in [-0.15, -0.1) is 10.2 Å². The maximum Gasteiger partial charge on any atom is 0.257 e. The van der Waals surface area contributed by atoms with Crippen molar-refractivity contribution >= 4 is 45.9 Å². The predicted octanol–water partition coefficient (Wildman–Crippen LogP) is 3.60. The van der Waals surface area contributed by atoms with E-state index in [1.807, 2.05) is 13.8 Å². The van der Waals surface area contributed by atoms with Gasteiger partial charge in [0, 0.05) is 11.6 Å². The van der Waals surface area contributed by atoms with Gasteiger partial charge in [0.2, 0.25) is 11.0 Å². The molecule has 152 valence electrons. The van der Waals surface area contributed by atoms with Crippen LogP contribution in [0.15, 0.2) is 39.2 Å². The number of benzene rings is 1. The first-order valence-electron chi connectivity index (χ1n) is 8.66. The standard InChI is InChI=1S/C18H19N5O4S2/c1-10(2)26-13-6-4-12(5-7-13)16(25)20-17-21-22-18(29-17)28-9-15(24)19-14-8-11(3)27-23-14/h4-8,10H,9H2,1-3H3,(H,19,23,24)(H,20,21,25). The fraction of sp³-hybridized carbons (Fsp3) is 0.278. The minimum atomic E-state index is -0.298. The van der Waals surface area contributed by atoms with Gasteiger partial charge in [-0.05, 0) is 45.0 Å². The van der Waals surface area contributed by atoms with E-state index in [0.717, 1.165) is 0 Å². The van der Waals surface area contributed by atoms with E-state index in [9.17, 15) is 9.59 Å². The van der Waals surface area contributed by atoms with Crippen molar-refractivity contribution in [2.45, 2.75) is 31.2 Å². The van der Waals surface area contributed by atoms with Gasteiger partial charge in [-0.2, -0.15) is 0 Å². The van der Waals surface area contributed by atoms with Gasteiger partial charge < -0.3 is 14.6 Å². The molecule has 2 N–H and O–H groups in total. The third kappa shape index (κ3) is 6.29. The first-order valence-corrected chi connectivity index (χ1v) is 10.5. The molecule has 0 aliphatic rings. The molecule has 11 heteroatoms. The summed E-state index contributed by atoms with van der Waals surface area (Å²) in [7, 11) is 0. The predicted molar refractivity (Wildman–Crippen MR) is 111 cm³/mol. The molecule has 2 aromatic heterocycles. The summed E-state index contributed by atoms with van der Waals surface area (Å²) in [6, 6.07) is 8.47. The first-order chi connectivity index (χ1) is 13.9. The SMILES string of the molecule is Cc1cc(NC(=O)CSc2nnc(NC(=O)c3ccc(OC(C)C)cc3)s2)no1. The molecule has 0 unspecified atom stereocenters. The number of hydrogen-bond acceptors (Lipinski definition) is 9. The number of nitrogens with zero attached hydrogens (tertiary/aromatic N) is 3. The number of hydrogen-bond donors (Lipinski definition) is 2. The topological polar surface area (TPSA) is 119 Å². The minimum Gasteiger partial charge on any atom is -0.491 e. The van der Waals surface area contributed by atoms with Crippen LogP contribution < -0.4 is 15.4 Å². The van der Waals surface area contributed by atoms with Gasteiger partial charge in [-0.25, -0.2) is 0 Å². The van der Waals surface area contributed by atoms with Crippen LogP contribution in [-0.2, 0) is 4.79 Å². The summed E-state index contributed by atoms with van der Waals surface area (Å²) in [4.78, 5) is 24.3. The van der Waals surface area contributed by atoms with Gasteiger partial charge in [0.05, 0.1) is 11.9 Å². The quantitative estimate of drug-likeness (QED) is 0.408. The summed E-state index contributed by atoms with van der Waals surface area (Å²) in [6.45, 7) is 5.61. The number of aryl methyl sites for hydroxylation is 1. The van der Waals surface area contributed by atoms with Crippen LogP contribution in [-0.4, -0.2) is 39.0 Å². The highest BCUT2D eigenvalue weighted by atomic mass is 32.2. The number of anilines is 2. The van der Waals surface area contributed by atoms with Crippen LogP contribution in [0.3, 0.4) is 0 Å². The second-order valence-electron chi connectivity index (χ2n) is 6.18. The van der Waals surface area contributed by atoms with Gasteiger partial charge in [-0.1, -0.05) is 28.3 Å². The summed E-state index contributed by atoms with van der Waals surface area (Å²) in [5.41, 5.74) is 0.479. The second-order valence-corrected chi connectivity index (χ2v) is 8.38. The number of rotatable bonds is 8. The van der Waals surface area contributed by atoms with Crippen LogP contribution >= 0.6 is 23.1 Å². The molecular weight excluding hydrogens is 414 g/mol. The Hall–Kier alpha value is -2.92. The molecule has 0 atom stereocenters. The average molecular weight is 434 g/mol. The van der Waals surface area contributed by atoms with Crippen LogP contribution in [0.2, 0.25) is 0 Å². The van der Waals surface area contributed by atoms with Crippen molar-refractivity contribution in [1.29, 1.82) is 0 Å². The number of ether oxygens (including phenoxy) is 1. The zero-order chi connectivity index (χ0) is 20.8. The van der Waals surface area contributed by atoms with Crippen molar-refractivity contribution in [3.63, 3.8) is 0 Å². The van der Waals surface area contributed by atoms with Crippen molar-refractivity contribution in [3.05, 3.63) is 41.7 Å². The Balaban J connectivity index is 1.49. The summed E-state index contributed by atoms with van der Waals surface area (Å²) in [5, 5.41) is 17.3. The fourth-order valence-corrected chi connectivity index (χ4v) is 3.72. The van der Waals surface area contributed by atoms with E-state index in [2.05, 4.69) is 26.0 Å². The highest BCUT2D eigenvalue weighted by Crippen LogP contribution is 2.26. The molecule has 29 heavy (non-hydrogen) atoms. The molecule has 0 bridgehead atoms. The van der Waals surface area contributed by atoms with Crippen molar-refractivity contribution in [1.82, 2.24) is 15.4 Å². The van der Waals surface area contributed by atoms with E-state index in [1.165, 1.54) is 23.1 Å². The van der Waals surface area contributed by atoms with Crippen molar-refractivity contribution in [3.8, 4) is 5.75 Å². The average Bonchev–Trinajstić information content (AvgIpc) is 3.29. The van der Waals surface area contributed by atoms with Crippen molar-refractivity contribution in [2.75, 3.05) is 16.4 Å². The molecule has 0 fully saturated rings. The smallest absolute Gasteiger partial charge is 0.257 e. The molecule has 0 spiro atoms. The molecule has 3 aromatic rings. The van der Waals surface area contributed by atoms with Gasteiger partial charge in [0.25, 0.3) is 5.91 Å². The van der Waals surface area contributed by atoms with Gasteiger partial charge in [0.1, 0.15) is 11.5 Å². The Kier molecular flexibility index (Phi) is 6.83. The van der Waals surface area contributed by atoms with E-state index in [0.29, 0.717) is 32.4 Å². The normalized spacial score (nSPS) is 10.8. The van der Waals surface area contributed by atoms with Crippen LogP contribution in [0.25, 0.3) is 0 Å². The van der Waals surface area contributed by atoms with E-state index >= 15 is 0 Å². The molecule has 0 saturated carbocycles. The van der Waals surface area contributed by atoms with E-state index in [4.69, 9.17) is 9.26 Å². The number of aromatic nitrogens is 3. The monoisotopic (exact) mass is 433 g/mol. The zero-order valence-electron chi connectivity index (χ0n) is 16.0. The maximum atomic E-state index is 12.3. The molecule has 2 heterocycles. The molecule has 0 aliphatic carbocycles. The Morgan fingerprint density at radius 3 is 2.62 bits per heavy atom. The number of nitrogens with one attached hydrogen (secondary N) is 2. The van der Waals surface area contributed by atoms with Crippen LogP contribution in [0.5, 0.6) is 5.75 Å². The fourth-order valence-electron chi connectivity index (χ4n) is 2.18. The van der Waals surface area contributed by atoms with Crippen LogP contribution in [0.4, 0.5) is 10.9 Å². The van der Waals surface area contributed by atoms with Gasteiger partial charge >= 0.3 is 0 Å².